The Balaban J connectivity index is 1.65. The van der Waals surface area contributed by atoms with E-state index in [1.807, 2.05) is 6.07 Å². The lowest BCUT2D eigenvalue weighted by atomic mass is 9.98. The highest BCUT2D eigenvalue weighted by molar-refractivity contribution is 6.35. The summed E-state index contributed by atoms with van der Waals surface area (Å²) in [5.74, 6) is 0.298. The molecule has 1 atom stereocenters. The normalized spacial score (nSPS) is 12.3. The lowest BCUT2D eigenvalue weighted by Crippen LogP contribution is -2.36. The monoisotopic (exact) mass is 512 g/mol. The fourth-order valence-corrected chi connectivity index (χ4v) is 3.90. The van der Waals surface area contributed by atoms with Crippen LogP contribution in [0.15, 0.2) is 84.4 Å². The van der Waals surface area contributed by atoms with Crippen LogP contribution in [0.1, 0.15) is 27.7 Å². The minimum Gasteiger partial charge on any atom is -0.348 e. The number of carbonyl (C=O) groups excluding carboxylic acids is 1. The third-order valence-electron chi connectivity index (χ3n) is 4.90. The Morgan fingerprint density at radius 3 is 2.38 bits per heavy atom. The number of aromatic nitrogens is 3. The van der Waals surface area contributed by atoms with Crippen molar-refractivity contribution in [2.45, 2.75) is 5.92 Å². The lowest BCUT2D eigenvalue weighted by Gasteiger charge is -2.17. The fraction of sp³-hybridized carbons (Fsp3) is 0.0833. The van der Waals surface area contributed by atoms with Gasteiger partial charge in [0.25, 0.3) is 5.91 Å². The standard InChI is InChI=1S/C24H19Cl3N6O/c25-16-1-4-18(5-2-16)32-24(33-23(34)15-7-9-28-10-8-15)31-14-20(22-29-11-12-30-22)19-6-3-17(26)13-21(19)27/h1-13,20H,14H2,(H,29,30)(H2,31,32,33,34). The molecule has 3 N–H and O–H groups in total. The average molecular weight is 514 g/mol. The van der Waals surface area contributed by atoms with E-state index in [4.69, 9.17) is 34.8 Å². The van der Waals surface area contributed by atoms with Crippen LogP contribution in [0.4, 0.5) is 5.69 Å². The minimum atomic E-state index is -0.332. The molecule has 1 unspecified atom stereocenters. The van der Waals surface area contributed by atoms with Crippen molar-refractivity contribution >= 4 is 52.4 Å². The predicted molar refractivity (Wildman–Crippen MR) is 136 cm³/mol. The van der Waals surface area contributed by atoms with Crippen molar-refractivity contribution in [1.82, 2.24) is 20.3 Å². The molecule has 0 bridgehead atoms. The summed E-state index contributed by atoms with van der Waals surface area (Å²) in [6.45, 7) is 0.238. The maximum atomic E-state index is 12.8. The second kappa shape index (κ2) is 11.2. The first-order valence-corrected chi connectivity index (χ1v) is 11.4. The van der Waals surface area contributed by atoms with Crippen LogP contribution < -0.4 is 10.6 Å². The van der Waals surface area contributed by atoms with Crippen molar-refractivity contribution in [3.8, 4) is 0 Å². The number of benzene rings is 2. The number of hydrogen-bond donors (Lipinski definition) is 3. The summed E-state index contributed by atoms with van der Waals surface area (Å²) < 4.78 is 0. The van der Waals surface area contributed by atoms with Crippen molar-refractivity contribution in [2.24, 2.45) is 4.99 Å². The highest BCUT2D eigenvalue weighted by atomic mass is 35.5. The highest BCUT2D eigenvalue weighted by Crippen LogP contribution is 2.31. The molecular formula is C24H19Cl3N6O. The molecule has 0 aliphatic carbocycles. The second-order valence-electron chi connectivity index (χ2n) is 7.20. The summed E-state index contributed by atoms with van der Waals surface area (Å²) in [6.07, 6.45) is 6.49. The first-order valence-electron chi connectivity index (χ1n) is 10.2. The van der Waals surface area contributed by atoms with E-state index in [-0.39, 0.29) is 24.3 Å². The number of nitrogens with zero attached hydrogens (tertiary/aromatic N) is 3. The number of halogens is 3. The van der Waals surface area contributed by atoms with Gasteiger partial charge in [0.2, 0.25) is 5.96 Å². The van der Waals surface area contributed by atoms with Gasteiger partial charge in [0.15, 0.2) is 0 Å². The van der Waals surface area contributed by atoms with Crippen molar-refractivity contribution in [2.75, 3.05) is 11.9 Å². The number of guanidine groups is 1. The van der Waals surface area contributed by atoms with Crippen LogP contribution in [-0.2, 0) is 0 Å². The summed E-state index contributed by atoms with van der Waals surface area (Å²) in [4.78, 5) is 28.9. The zero-order chi connectivity index (χ0) is 23.9. The SMILES string of the molecule is O=C(NC(=NCC(c1ncc[nH]1)c1ccc(Cl)cc1Cl)Nc1ccc(Cl)cc1)c1ccncc1. The first kappa shape index (κ1) is 23.8. The molecule has 34 heavy (non-hydrogen) atoms. The molecule has 2 aromatic carbocycles. The molecule has 2 aromatic heterocycles. The molecule has 7 nitrogen and oxygen atoms in total. The number of rotatable bonds is 6. The van der Waals surface area contributed by atoms with E-state index in [1.165, 1.54) is 0 Å². The molecule has 10 heteroatoms. The number of amides is 1. The maximum absolute atomic E-state index is 12.8. The van der Waals surface area contributed by atoms with Crippen LogP contribution in [-0.4, -0.2) is 33.4 Å². The number of carbonyl (C=O) groups is 1. The number of H-pyrrole nitrogens is 1. The maximum Gasteiger partial charge on any atom is 0.258 e. The molecule has 2 heterocycles. The van der Waals surface area contributed by atoms with E-state index in [0.717, 1.165) is 5.56 Å². The van der Waals surface area contributed by atoms with Crippen LogP contribution in [0.5, 0.6) is 0 Å². The number of anilines is 1. The first-order chi connectivity index (χ1) is 16.5. The zero-order valence-corrected chi connectivity index (χ0v) is 19.9. The molecule has 1 amide bonds. The molecule has 0 spiro atoms. The number of hydrogen-bond acceptors (Lipinski definition) is 4. The van der Waals surface area contributed by atoms with Gasteiger partial charge < -0.3 is 10.3 Å². The average Bonchev–Trinajstić information content (AvgIpc) is 3.37. The number of aromatic amines is 1. The third kappa shape index (κ3) is 6.14. The lowest BCUT2D eigenvalue weighted by molar-refractivity contribution is 0.0977. The molecule has 4 aromatic rings. The topological polar surface area (TPSA) is 95.1 Å². The molecule has 0 radical (unpaired) electrons. The number of imidazole rings is 1. The molecule has 0 saturated heterocycles. The summed E-state index contributed by atoms with van der Waals surface area (Å²) in [5, 5.41) is 7.60. The van der Waals surface area contributed by atoms with Gasteiger partial charge in [0.1, 0.15) is 5.82 Å². The van der Waals surface area contributed by atoms with E-state index in [1.54, 1.807) is 73.3 Å². The Hall–Kier alpha value is -3.39. The molecule has 4 rings (SSSR count). The summed E-state index contributed by atoms with van der Waals surface area (Å²) in [7, 11) is 0. The Morgan fingerprint density at radius 1 is 0.971 bits per heavy atom. The fourth-order valence-electron chi connectivity index (χ4n) is 3.23. The number of pyridine rings is 1. The Labute approximate surface area is 211 Å². The van der Waals surface area contributed by atoms with Gasteiger partial charge in [-0.25, -0.2) is 4.98 Å². The van der Waals surface area contributed by atoms with Gasteiger partial charge in [-0.3, -0.25) is 20.1 Å². The van der Waals surface area contributed by atoms with Crippen LogP contribution in [0, 0.1) is 0 Å². The van der Waals surface area contributed by atoms with Crippen molar-refractivity contribution in [1.29, 1.82) is 0 Å². The van der Waals surface area contributed by atoms with Crippen LogP contribution in [0.2, 0.25) is 15.1 Å². The minimum absolute atomic E-state index is 0.238. The summed E-state index contributed by atoms with van der Waals surface area (Å²) >= 11 is 18.6. The Bertz CT molecular complexity index is 1280. The molecule has 0 aliphatic heterocycles. The molecule has 0 fully saturated rings. The van der Waals surface area contributed by atoms with E-state index >= 15 is 0 Å². The third-order valence-corrected chi connectivity index (χ3v) is 5.72. The molecule has 0 aliphatic rings. The van der Waals surface area contributed by atoms with Gasteiger partial charge in [0.05, 0.1) is 12.5 Å². The van der Waals surface area contributed by atoms with Crippen molar-refractivity contribution < 1.29 is 4.79 Å². The zero-order valence-electron chi connectivity index (χ0n) is 17.7. The van der Waals surface area contributed by atoms with Gasteiger partial charge in [-0.05, 0) is 54.1 Å². The summed E-state index contributed by atoms with van der Waals surface area (Å²) in [5.41, 5.74) is 1.96. The summed E-state index contributed by atoms with van der Waals surface area (Å²) in [6, 6.07) is 15.6. The largest absolute Gasteiger partial charge is 0.348 e. The second-order valence-corrected chi connectivity index (χ2v) is 8.48. The smallest absolute Gasteiger partial charge is 0.258 e. The van der Waals surface area contributed by atoms with Gasteiger partial charge in [-0.1, -0.05) is 40.9 Å². The van der Waals surface area contributed by atoms with Gasteiger partial charge in [0, 0.05) is 51.1 Å². The van der Waals surface area contributed by atoms with Gasteiger partial charge in [-0.15, -0.1) is 0 Å². The molecule has 172 valence electrons. The van der Waals surface area contributed by atoms with Crippen LogP contribution in [0.3, 0.4) is 0 Å². The highest BCUT2D eigenvalue weighted by Gasteiger charge is 2.20. The van der Waals surface area contributed by atoms with Crippen LogP contribution >= 0.6 is 34.8 Å². The molecule has 0 saturated carbocycles. The van der Waals surface area contributed by atoms with Gasteiger partial charge in [-0.2, -0.15) is 0 Å². The van der Waals surface area contributed by atoms with Gasteiger partial charge >= 0.3 is 0 Å². The van der Waals surface area contributed by atoms with Crippen molar-refractivity contribution in [3.63, 3.8) is 0 Å². The number of aliphatic imine (C=N–C) groups is 1. The Kier molecular flexibility index (Phi) is 7.80. The van der Waals surface area contributed by atoms with Crippen LogP contribution in [0.25, 0.3) is 0 Å². The van der Waals surface area contributed by atoms with E-state index in [9.17, 15) is 4.79 Å². The van der Waals surface area contributed by atoms with Crippen molar-refractivity contribution in [3.05, 3.63) is 111 Å². The van der Waals surface area contributed by atoms with E-state index in [2.05, 4.69) is 30.6 Å². The van der Waals surface area contributed by atoms with E-state index in [0.29, 0.717) is 32.1 Å². The van der Waals surface area contributed by atoms with E-state index < -0.39 is 0 Å². The number of nitrogens with one attached hydrogen (secondary N) is 3. The quantitative estimate of drug-likeness (QED) is 0.224. The molecular weight excluding hydrogens is 495 g/mol. The predicted octanol–water partition coefficient (Wildman–Crippen LogP) is 5.79. The Morgan fingerprint density at radius 2 is 1.71 bits per heavy atom.